The summed E-state index contributed by atoms with van der Waals surface area (Å²) >= 11 is 0. The van der Waals surface area contributed by atoms with Gasteiger partial charge < -0.3 is 0 Å². The van der Waals surface area contributed by atoms with Gasteiger partial charge in [-0.05, 0) is 67.6 Å². The van der Waals surface area contributed by atoms with Crippen molar-refractivity contribution in [3.63, 3.8) is 0 Å². The molecule has 0 radical (unpaired) electrons. The molecule has 0 aliphatic heterocycles. The number of aromatic nitrogens is 1. The minimum Gasteiger partial charge on any atom is -0.237 e. The van der Waals surface area contributed by atoms with Crippen LogP contribution in [0.2, 0.25) is 0 Å². The SMILES string of the molecule is CCCCCCCCc1ccc(-c2ccc(C3CCC(CCCCCCC)CC3)cc2)nc1C#N. The third-order valence-electron chi connectivity index (χ3n) is 8.12. The normalized spacial score (nSPS) is 17.9. The molecule has 2 heteroatoms. The topological polar surface area (TPSA) is 36.7 Å². The van der Waals surface area contributed by atoms with Crippen LogP contribution in [0, 0.1) is 17.2 Å². The molecule has 190 valence electrons. The fourth-order valence-electron chi connectivity index (χ4n) is 5.79. The summed E-state index contributed by atoms with van der Waals surface area (Å²) < 4.78 is 0. The van der Waals surface area contributed by atoms with E-state index in [1.54, 1.807) is 0 Å². The number of hydrogen-bond donors (Lipinski definition) is 0. The average molecular weight is 473 g/mol. The monoisotopic (exact) mass is 472 g/mol. The van der Waals surface area contributed by atoms with Crippen molar-refractivity contribution < 1.29 is 0 Å². The molecular weight excluding hydrogens is 424 g/mol. The van der Waals surface area contributed by atoms with Crippen LogP contribution in [0.25, 0.3) is 11.3 Å². The second-order valence-electron chi connectivity index (χ2n) is 10.9. The summed E-state index contributed by atoms with van der Waals surface area (Å²) in [7, 11) is 0. The maximum atomic E-state index is 9.68. The Hall–Kier alpha value is -2.14. The Morgan fingerprint density at radius 2 is 1.37 bits per heavy atom. The molecule has 0 amide bonds. The molecule has 1 saturated carbocycles. The third-order valence-corrected chi connectivity index (χ3v) is 8.12. The predicted molar refractivity (Wildman–Crippen MR) is 150 cm³/mol. The van der Waals surface area contributed by atoms with Crippen molar-refractivity contribution in [2.45, 2.75) is 129 Å². The van der Waals surface area contributed by atoms with Crippen LogP contribution in [0.4, 0.5) is 0 Å². The molecule has 1 aromatic heterocycles. The smallest absolute Gasteiger partial charge is 0.144 e. The number of nitriles is 1. The molecule has 1 fully saturated rings. The maximum absolute atomic E-state index is 9.68. The number of pyridine rings is 1. The molecular formula is C33H48N2. The summed E-state index contributed by atoms with van der Waals surface area (Å²) in [6.07, 6.45) is 22.5. The first kappa shape index (κ1) is 27.4. The van der Waals surface area contributed by atoms with E-state index in [2.05, 4.69) is 56.3 Å². The van der Waals surface area contributed by atoms with Gasteiger partial charge in [-0.3, -0.25) is 0 Å². The number of rotatable bonds is 15. The van der Waals surface area contributed by atoms with E-state index in [0.717, 1.165) is 35.6 Å². The van der Waals surface area contributed by atoms with Crippen LogP contribution in [0.5, 0.6) is 0 Å². The molecule has 0 bridgehead atoms. The van der Waals surface area contributed by atoms with Crippen molar-refractivity contribution in [3.05, 3.63) is 53.2 Å². The summed E-state index contributed by atoms with van der Waals surface area (Å²) in [5, 5.41) is 9.68. The summed E-state index contributed by atoms with van der Waals surface area (Å²) in [6.45, 7) is 4.55. The zero-order valence-corrected chi connectivity index (χ0v) is 22.5. The van der Waals surface area contributed by atoms with Crippen molar-refractivity contribution >= 4 is 0 Å². The first-order valence-electron chi connectivity index (χ1n) is 14.8. The van der Waals surface area contributed by atoms with Crippen molar-refractivity contribution in [3.8, 4) is 17.3 Å². The van der Waals surface area contributed by atoms with E-state index in [0.29, 0.717) is 11.6 Å². The van der Waals surface area contributed by atoms with Crippen LogP contribution in [0.3, 0.4) is 0 Å². The molecule has 1 aliphatic carbocycles. The van der Waals surface area contributed by atoms with E-state index >= 15 is 0 Å². The molecule has 1 aliphatic rings. The summed E-state index contributed by atoms with van der Waals surface area (Å²) in [5.74, 6) is 1.67. The standard InChI is InChI=1S/C33H48N2/c1-3-5-7-9-11-13-15-30-24-25-32(35-33(30)26-34)31-22-20-29(21-23-31)28-18-16-27(17-19-28)14-12-10-8-6-4-2/h20-25,27-28H,3-19H2,1-2H3. The zero-order chi connectivity index (χ0) is 24.7. The number of nitrogens with zero attached hydrogens (tertiary/aromatic N) is 2. The van der Waals surface area contributed by atoms with Crippen LogP contribution in [0.1, 0.15) is 139 Å². The van der Waals surface area contributed by atoms with E-state index in [-0.39, 0.29) is 0 Å². The van der Waals surface area contributed by atoms with Gasteiger partial charge in [-0.25, -0.2) is 4.98 Å². The zero-order valence-electron chi connectivity index (χ0n) is 22.5. The van der Waals surface area contributed by atoms with Gasteiger partial charge in [0.2, 0.25) is 0 Å². The van der Waals surface area contributed by atoms with Crippen LogP contribution in [0.15, 0.2) is 36.4 Å². The van der Waals surface area contributed by atoms with Crippen molar-refractivity contribution in [2.24, 2.45) is 5.92 Å². The molecule has 35 heavy (non-hydrogen) atoms. The Morgan fingerprint density at radius 1 is 0.743 bits per heavy atom. The van der Waals surface area contributed by atoms with Gasteiger partial charge in [0, 0.05) is 5.56 Å². The minimum absolute atomic E-state index is 0.605. The fraction of sp³-hybridized carbons (Fsp3) is 0.636. The molecule has 1 heterocycles. The maximum Gasteiger partial charge on any atom is 0.144 e. The van der Waals surface area contributed by atoms with Gasteiger partial charge in [0.25, 0.3) is 0 Å². The quantitative estimate of drug-likeness (QED) is 0.242. The van der Waals surface area contributed by atoms with Crippen molar-refractivity contribution in [2.75, 3.05) is 0 Å². The second kappa shape index (κ2) is 15.8. The van der Waals surface area contributed by atoms with Crippen LogP contribution in [-0.4, -0.2) is 4.98 Å². The molecule has 1 aromatic carbocycles. The first-order chi connectivity index (χ1) is 17.2. The molecule has 0 unspecified atom stereocenters. The first-order valence-corrected chi connectivity index (χ1v) is 14.8. The Morgan fingerprint density at radius 3 is 2.03 bits per heavy atom. The molecule has 0 spiro atoms. The largest absolute Gasteiger partial charge is 0.237 e. The molecule has 3 rings (SSSR count). The lowest BCUT2D eigenvalue weighted by molar-refractivity contribution is 0.302. The second-order valence-corrected chi connectivity index (χ2v) is 10.9. The van der Waals surface area contributed by atoms with Crippen molar-refractivity contribution in [1.29, 1.82) is 5.26 Å². The molecule has 0 atom stereocenters. The number of unbranched alkanes of at least 4 members (excludes halogenated alkanes) is 9. The minimum atomic E-state index is 0.605. The van der Waals surface area contributed by atoms with E-state index in [1.165, 1.54) is 102 Å². The highest BCUT2D eigenvalue weighted by atomic mass is 14.7. The number of benzene rings is 1. The predicted octanol–water partition coefficient (Wildman–Crippen LogP) is 10.2. The van der Waals surface area contributed by atoms with Crippen LogP contribution in [-0.2, 0) is 6.42 Å². The highest BCUT2D eigenvalue weighted by Crippen LogP contribution is 2.38. The Labute approximate surface area is 215 Å². The van der Waals surface area contributed by atoms with Crippen LogP contribution >= 0.6 is 0 Å². The molecule has 2 aromatic rings. The Bertz CT molecular complexity index is 884. The van der Waals surface area contributed by atoms with E-state index in [4.69, 9.17) is 4.98 Å². The summed E-state index contributed by atoms with van der Waals surface area (Å²) in [4.78, 5) is 4.73. The lowest BCUT2D eigenvalue weighted by atomic mass is 9.77. The van der Waals surface area contributed by atoms with Gasteiger partial charge in [-0.2, -0.15) is 5.26 Å². The van der Waals surface area contributed by atoms with Gasteiger partial charge in [-0.15, -0.1) is 0 Å². The molecule has 2 nitrogen and oxygen atoms in total. The van der Waals surface area contributed by atoms with Gasteiger partial charge in [0.15, 0.2) is 0 Å². The van der Waals surface area contributed by atoms with Gasteiger partial charge >= 0.3 is 0 Å². The lowest BCUT2D eigenvalue weighted by Gasteiger charge is -2.29. The Kier molecular flexibility index (Phi) is 12.4. The van der Waals surface area contributed by atoms with Gasteiger partial charge in [0.1, 0.15) is 11.8 Å². The lowest BCUT2D eigenvalue weighted by Crippen LogP contribution is -2.13. The number of hydrogen-bond acceptors (Lipinski definition) is 2. The Balaban J connectivity index is 1.48. The fourth-order valence-corrected chi connectivity index (χ4v) is 5.79. The highest BCUT2D eigenvalue weighted by molar-refractivity contribution is 5.61. The van der Waals surface area contributed by atoms with Crippen LogP contribution < -0.4 is 0 Å². The number of aryl methyl sites for hydroxylation is 1. The summed E-state index contributed by atoms with van der Waals surface area (Å²) in [5.41, 5.74) is 5.23. The van der Waals surface area contributed by atoms with E-state index in [1.807, 2.05) is 0 Å². The summed E-state index contributed by atoms with van der Waals surface area (Å²) in [6, 6.07) is 15.6. The van der Waals surface area contributed by atoms with Gasteiger partial charge in [0.05, 0.1) is 5.69 Å². The molecule has 0 N–H and O–H groups in total. The third kappa shape index (κ3) is 9.10. The average Bonchev–Trinajstić information content (AvgIpc) is 2.91. The van der Waals surface area contributed by atoms with Crippen molar-refractivity contribution in [1.82, 2.24) is 4.98 Å². The molecule has 0 saturated heterocycles. The highest BCUT2D eigenvalue weighted by Gasteiger charge is 2.22. The van der Waals surface area contributed by atoms with E-state index < -0.39 is 0 Å². The van der Waals surface area contributed by atoms with E-state index in [9.17, 15) is 5.26 Å². The van der Waals surface area contributed by atoms with Gasteiger partial charge in [-0.1, -0.05) is 115 Å².